The molecule has 0 spiro atoms. The molecule has 1 amide bonds. The highest BCUT2D eigenvalue weighted by molar-refractivity contribution is 6.03. The molecule has 0 unspecified atom stereocenters. The SMILES string of the molecule is COC(=O)C[C@@H]1COc2cc(OCCCC(=O)N3N=C(c4cc(C)cc(C)c4)CC3(C)C)ccc21. The van der Waals surface area contributed by atoms with Gasteiger partial charge < -0.3 is 14.2 Å². The lowest BCUT2D eigenvalue weighted by atomic mass is 9.93. The van der Waals surface area contributed by atoms with Crippen molar-refractivity contribution in [2.75, 3.05) is 20.3 Å². The number of aryl methyl sites for hydroxylation is 2. The number of carbonyl (C=O) groups is 2. The highest BCUT2D eigenvalue weighted by atomic mass is 16.5. The van der Waals surface area contributed by atoms with Gasteiger partial charge in [-0.25, -0.2) is 5.01 Å². The summed E-state index contributed by atoms with van der Waals surface area (Å²) in [5.41, 5.74) is 5.06. The molecule has 2 aromatic carbocycles. The summed E-state index contributed by atoms with van der Waals surface area (Å²) in [6.07, 6.45) is 1.97. The molecule has 35 heavy (non-hydrogen) atoms. The number of hydrogen-bond donors (Lipinski definition) is 0. The molecule has 2 aliphatic heterocycles. The summed E-state index contributed by atoms with van der Waals surface area (Å²) >= 11 is 0. The zero-order chi connectivity index (χ0) is 25.2. The van der Waals surface area contributed by atoms with Crippen molar-refractivity contribution in [2.45, 2.75) is 64.8 Å². The van der Waals surface area contributed by atoms with Crippen LogP contribution < -0.4 is 9.47 Å². The predicted octanol–water partition coefficient (Wildman–Crippen LogP) is 4.92. The molecule has 2 aliphatic rings. The molecule has 0 N–H and O–H groups in total. The van der Waals surface area contributed by atoms with Crippen LogP contribution in [0, 0.1) is 13.8 Å². The van der Waals surface area contributed by atoms with E-state index < -0.39 is 0 Å². The summed E-state index contributed by atoms with van der Waals surface area (Å²) in [5.74, 6) is 1.18. The van der Waals surface area contributed by atoms with E-state index in [1.807, 2.05) is 18.2 Å². The molecule has 0 aliphatic carbocycles. The Labute approximate surface area is 207 Å². The maximum Gasteiger partial charge on any atom is 0.306 e. The molecular formula is C28H34N2O5. The Hall–Kier alpha value is -3.35. The Balaban J connectivity index is 1.31. The number of amides is 1. The number of hydrazone groups is 1. The Morgan fingerprint density at radius 3 is 2.60 bits per heavy atom. The highest BCUT2D eigenvalue weighted by Crippen LogP contribution is 2.38. The van der Waals surface area contributed by atoms with Crippen LogP contribution in [-0.2, 0) is 14.3 Å². The maximum absolute atomic E-state index is 13.0. The fourth-order valence-electron chi connectivity index (χ4n) is 4.79. The number of esters is 1. The van der Waals surface area contributed by atoms with E-state index in [1.165, 1.54) is 18.2 Å². The quantitative estimate of drug-likeness (QED) is 0.398. The number of benzene rings is 2. The largest absolute Gasteiger partial charge is 0.493 e. The van der Waals surface area contributed by atoms with Gasteiger partial charge in [0.15, 0.2) is 0 Å². The first-order chi connectivity index (χ1) is 16.7. The van der Waals surface area contributed by atoms with Crippen LogP contribution >= 0.6 is 0 Å². The second kappa shape index (κ2) is 10.1. The molecule has 0 aromatic heterocycles. The van der Waals surface area contributed by atoms with Gasteiger partial charge in [-0.1, -0.05) is 35.4 Å². The van der Waals surface area contributed by atoms with E-state index in [9.17, 15) is 9.59 Å². The first kappa shape index (κ1) is 24.8. The lowest BCUT2D eigenvalue weighted by Gasteiger charge is -2.28. The monoisotopic (exact) mass is 478 g/mol. The minimum Gasteiger partial charge on any atom is -0.493 e. The highest BCUT2D eigenvalue weighted by Gasteiger charge is 2.38. The molecule has 7 heteroatoms. The van der Waals surface area contributed by atoms with Crippen LogP contribution in [0.15, 0.2) is 41.5 Å². The standard InChI is InChI=1S/C28H34N2O5/c1-18-11-19(2)13-20(12-18)24-16-28(3,4)30(29-24)26(31)7-6-10-34-22-8-9-23-21(14-27(32)33-5)17-35-25(23)15-22/h8-9,11-13,15,21H,6-7,10,14,16-17H2,1-5H3/t21-/m1/s1. The van der Waals surface area contributed by atoms with Crippen LogP contribution in [0.1, 0.15) is 67.7 Å². The normalized spacial score (nSPS) is 18.0. The molecule has 0 saturated heterocycles. The van der Waals surface area contributed by atoms with E-state index in [2.05, 4.69) is 45.9 Å². The number of hydrogen-bond acceptors (Lipinski definition) is 6. The summed E-state index contributed by atoms with van der Waals surface area (Å²) < 4.78 is 16.4. The molecular weight excluding hydrogens is 444 g/mol. The van der Waals surface area contributed by atoms with Crippen molar-refractivity contribution in [3.63, 3.8) is 0 Å². The summed E-state index contributed by atoms with van der Waals surface area (Å²) in [7, 11) is 1.39. The van der Waals surface area contributed by atoms with Crippen LogP contribution in [0.2, 0.25) is 0 Å². The van der Waals surface area contributed by atoms with Crippen LogP contribution in [0.25, 0.3) is 0 Å². The molecule has 2 heterocycles. The summed E-state index contributed by atoms with van der Waals surface area (Å²) in [5, 5.41) is 6.36. The number of methoxy groups -OCH3 is 1. The Kier molecular flexibility index (Phi) is 7.15. The van der Waals surface area contributed by atoms with Crippen molar-refractivity contribution in [1.82, 2.24) is 5.01 Å². The fraction of sp³-hybridized carbons (Fsp3) is 0.464. The molecule has 7 nitrogen and oxygen atoms in total. The molecule has 1 atom stereocenters. The predicted molar refractivity (Wildman–Crippen MR) is 134 cm³/mol. The molecule has 2 aromatic rings. The lowest BCUT2D eigenvalue weighted by molar-refractivity contribution is -0.141. The van der Waals surface area contributed by atoms with Gasteiger partial charge in [0.25, 0.3) is 0 Å². The molecule has 0 bridgehead atoms. The van der Waals surface area contributed by atoms with Gasteiger partial charge in [-0.05, 0) is 45.7 Å². The van der Waals surface area contributed by atoms with Gasteiger partial charge in [0.2, 0.25) is 5.91 Å². The van der Waals surface area contributed by atoms with Crippen molar-refractivity contribution in [3.8, 4) is 11.5 Å². The zero-order valence-electron chi connectivity index (χ0n) is 21.2. The van der Waals surface area contributed by atoms with Gasteiger partial charge in [-0.3, -0.25) is 9.59 Å². The first-order valence-corrected chi connectivity index (χ1v) is 12.1. The average molecular weight is 479 g/mol. The number of fused-ring (bicyclic) bond motifs is 1. The Morgan fingerprint density at radius 2 is 1.89 bits per heavy atom. The smallest absolute Gasteiger partial charge is 0.306 e. The van der Waals surface area contributed by atoms with Crippen molar-refractivity contribution in [3.05, 3.63) is 58.7 Å². The van der Waals surface area contributed by atoms with Gasteiger partial charge >= 0.3 is 5.97 Å². The van der Waals surface area contributed by atoms with Crippen LogP contribution in [0.5, 0.6) is 11.5 Å². The lowest BCUT2D eigenvalue weighted by Crippen LogP contribution is -2.40. The summed E-state index contributed by atoms with van der Waals surface area (Å²) in [6.45, 7) is 9.13. The third kappa shape index (κ3) is 5.66. The van der Waals surface area contributed by atoms with Crippen molar-refractivity contribution >= 4 is 17.6 Å². The first-order valence-electron chi connectivity index (χ1n) is 12.1. The van der Waals surface area contributed by atoms with Crippen LogP contribution in [0.3, 0.4) is 0 Å². The van der Waals surface area contributed by atoms with Gasteiger partial charge in [0.05, 0.1) is 38.0 Å². The van der Waals surface area contributed by atoms with Crippen molar-refractivity contribution in [1.29, 1.82) is 0 Å². The summed E-state index contributed by atoms with van der Waals surface area (Å²) in [4.78, 5) is 24.6. The van der Waals surface area contributed by atoms with Crippen LogP contribution in [-0.4, -0.2) is 48.5 Å². The Bertz CT molecular complexity index is 1130. The summed E-state index contributed by atoms with van der Waals surface area (Å²) in [6, 6.07) is 12.1. The minimum atomic E-state index is -0.358. The maximum atomic E-state index is 13.0. The van der Waals surface area contributed by atoms with E-state index in [-0.39, 0.29) is 23.3 Å². The van der Waals surface area contributed by atoms with E-state index in [0.717, 1.165) is 29.0 Å². The van der Waals surface area contributed by atoms with E-state index >= 15 is 0 Å². The second-order valence-corrected chi connectivity index (χ2v) is 10.1. The third-order valence-electron chi connectivity index (χ3n) is 6.49. The molecule has 4 rings (SSSR count). The van der Waals surface area contributed by atoms with Crippen molar-refractivity contribution in [2.24, 2.45) is 5.10 Å². The van der Waals surface area contributed by atoms with E-state index in [4.69, 9.17) is 19.3 Å². The van der Waals surface area contributed by atoms with Gasteiger partial charge in [0.1, 0.15) is 11.5 Å². The van der Waals surface area contributed by atoms with Gasteiger partial charge in [-0.2, -0.15) is 5.10 Å². The number of ether oxygens (including phenoxy) is 3. The number of nitrogens with zero attached hydrogens (tertiary/aromatic N) is 2. The molecule has 0 radical (unpaired) electrons. The third-order valence-corrected chi connectivity index (χ3v) is 6.49. The topological polar surface area (TPSA) is 77.4 Å². The van der Waals surface area contributed by atoms with Gasteiger partial charge in [0, 0.05) is 30.4 Å². The second-order valence-electron chi connectivity index (χ2n) is 10.1. The van der Waals surface area contributed by atoms with Gasteiger partial charge in [-0.15, -0.1) is 0 Å². The zero-order valence-corrected chi connectivity index (χ0v) is 21.2. The van der Waals surface area contributed by atoms with E-state index in [1.54, 1.807) is 5.01 Å². The number of rotatable bonds is 8. The molecule has 0 fully saturated rings. The van der Waals surface area contributed by atoms with Crippen LogP contribution in [0.4, 0.5) is 0 Å². The minimum absolute atomic E-state index is 0.000846. The molecule has 186 valence electrons. The number of carbonyl (C=O) groups excluding carboxylic acids is 2. The Morgan fingerprint density at radius 1 is 1.14 bits per heavy atom. The average Bonchev–Trinajstić information content (AvgIpc) is 3.35. The van der Waals surface area contributed by atoms with E-state index in [0.29, 0.717) is 38.2 Å². The fourth-order valence-corrected chi connectivity index (χ4v) is 4.79. The molecule has 0 saturated carbocycles. The van der Waals surface area contributed by atoms with Crippen molar-refractivity contribution < 1.29 is 23.8 Å².